The minimum Gasteiger partial charge on any atom is -0.391 e. The van der Waals surface area contributed by atoms with Gasteiger partial charge in [0.2, 0.25) is 0 Å². The predicted octanol–water partition coefficient (Wildman–Crippen LogP) is 1.38. The van der Waals surface area contributed by atoms with Crippen molar-refractivity contribution in [1.82, 2.24) is 0 Å². The third-order valence-electron chi connectivity index (χ3n) is 3.26. The Bertz CT molecular complexity index is 135. The van der Waals surface area contributed by atoms with Crippen molar-refractivity contribution in [2.75, 3.05) is 0 Å². The highest BCUT2D eigenvalue weighted by atomic mass is 16.3. The van der Waals surface area contributed by atoms with Crippen molar-refractivity contribution < 1.29 is 5.11 Å². The van der Waals surface area contributed by atoms with E-state index in [1.807, 2.05) is 0 Å². The van der Waals surface area contributed by atoms with Crippen LogP contribution in [0.15, 0.2) is 0 Å². The smallest absolute Gasteiger partial charge is 0.0696 e. The number of hydrogen-bond donors (Lipinski definition) is 2. The van der Waals surface area contributed by atoms with E-state index in [1.54, 1.807) is 0 Å². The lowest BCUT2D eigenvalue weighted by Gasteiger charge is -2.37. The van der Waals surface area contributed by atoms with Crippen LogP contribution in [0, 0.1) is 17.8 Å². The largest absolute Gasteiger partial charge is 0.391 e. The van der Waals surface area contributed by atoms with Gasteiger partial charge >= 0.3 is 0 Å². The molecule has 3 N–H and O–H groups in total. The molecule has 4 atom stereocenters. The molecular weight excluding hydrogens is 150 g/mol. The van der Waals surface area contributed by atoms with Crippen molar-refractivity contribution in [3.05, 3.63) is 0 Å². The second kappa shape index (κ2) is 3.75. The molecule has 0 aromatic heterocycles. The number of aliphatic hydroxyl groups excluding tert-OH is 1. The molecule has 0 aromatic rings. The van der Waals surface area contributed by atoms with Gasteiger partial charge in [0.25, 0.3) is 0 Å². The van der Waals surface area contributed by atoms with E-state index in [2.05, 4.69) is 20.8 Å². The predicted molar refractivity (Wildman–Crippen MR) is 50.7 cm³/mol. The van der Waals surface area contributed by atoms with Gasteiger partial charge in [-0.05, 0) is 30.6 Å². The van der Waals surface area contributed by atoms with Crippen LogP contribution >= 0.6 is 0 Å². The van der Waals surface area contributed by atoms with Crippen LogP contribution in [-0.4, -0.2) is 17.3 Å². The molecule has 1 aliphatic carbocycles. The Balaban J connectivity index is 2.53. The van der Waals surface area contributed by atoms with E-state index in [-0.39, 0.29) is 12.1 Å². The minimum absolute atomic E-state index is 0.000000000000000222. The normalized spacial score (nSPS) is 43.5. The maximum atomic E-state index is 9.64. The van der Waals surface area contributed by atoms with Crippen molar-refractivity contribution in [3.63, 3.8) is 0 Å². The van der Waals surface area contributed by atoms with E-state index in [0.29, 0.717) is 17.8 Å². The highest BCUT2D eigenvalue weighted by Gasteiger charge is 2.32. The quantitative estimate of drug-likeness (QED) is 0.626. The van der Waals surface area contributed by atoms with E-state index < -0.39 is 0 Å². The van der Waals surface area contributed by atoms with E-state index in [1.165, 1.54) is 6.42 Å². The molecule has 2 heteroatoms. The average Bonchev–Trinajstić information content (AvgIpc) is 1.99. The molecule has 1 rings (SSSR count). The molecule has 1 fully saturated rings. The van der Waals surface area contributed by atoms with Crippen LogP contribution in [0.25, 0.3) is 0 Å². The van der Waals surface area contributed by atoms with Crippen LogP contribution in [0.4, 0.5) is 0 Å². The van der Waals surface area contributed by atoms with Gasteiger partial charge < -0.3 is 10.8 Å². The first-order chi connectivity index (χ1) is 5.52. The van der Waals surface area contributed by atoms with Crippen molar-refractivity contribution in [2.24, 2.45) is 23.5 Å². The maximum Gasteiger partial charge on any atom is 0.0696 e. The van der Waals surface area contributed by atoms with Crippen molar-refractivity contribution >= 4 is 0 Å². The molecule has 1 saturated carbocycles. The third-order valence-corrected chi connectivity index (χ3v) is 3.26. The molecule has 0 amide bonds. The average molecular weight is 171 g/mol. The van der Waals surface area contributed by atoms with E-state index in [9.17, 15) is 5.11 Å². The molecule has 0 aromatic carbocycles. The fraction of sp³-hybridized carbons (Fsp3) is 1.00. The summed E-state index contributed by atoms with van der Waals surface area (Å²) in [6.07, 6.45) is 1.79. The molecule has 12 heavy (non-hydrogen) atoms. The zero-order chi connectivity index (χ0) is 9.30. The Labute approximate surface area is 75.2 Å². The summed E-state index contributed by atoms with van der Waals surface area (Å²) in [5.74, 6) is 1.81. The lowest BCUT2D eigenvalue weighted by Crippen LogP contribution is -2.46. The Kier molecular flexibility index (Phi) is 3.13. The van der Waals surface area contributed by atoms with Crippen molar-refractivity contribution in [2.45, 2.75) is 45.8 Å². The lowest BCUT2D eigenvalue weighted by atomic mass is 9.73. The zero-order valence-corrected chi connectivity index (χ0v) is 8.33. The van der Waals surface area contributed by atoms with E-state index in [0.717, 1.165) is 6.42 Å². The van der Waals surface area contributed by atoms with Crippen LogP contribution in [0.5, 0.6) is 0 Å². The monoisotopic (exact) mass is 171 g/mol. The van der Waals surface area contributed by atoms with Gasteiger partial charge in [0, 0.05) is 6.04 Å². The second-order valence-corrected chi connectivity index (χ2v) is 4.60. The first-order valence-electron chi connectivity index (χ1n) is 4.96. The molecule has 72 valence electrons. The fourth-order valence-corrected chi connectivity index (χ4v) is 2.12. The highest BCUT2D eigenvalue weighted by Crippen LogP contribution is 2.32. The van der Waals surface area contributed by atoms with Crippen LogP contribution in [-0.2, 0) is 0 Å². The number of aliphatic hydroxyl groups is 1. The summed E-state index contributed by atoms with van der Waals surface area (Å²) in [6, 6.07) is -0.000000000000000222. The molecule has 2 nitrogen and oxygen atoms in total. The standard InChI is InChI=1S/C10H21NO/c1-6(2)8-4-7(3)10(11)9(12)5-8/h6-10,12H,4-5,11H2,1-3H3/t7?,8-,9-,10-/m1/s1. The summed E-state index contributed by atoms with van der Waals surface area (Å²) >= 11 is 0. The Morgan fingerprint density at radius 2 is 1.92 bits per heavy atom. The molecule has 0 radical (unpaired) electrons. The molecule has 1 aliphatic rings. The first kappa shape index (κ1) is 10.0. The minimum atomic E-state index is -0.277. The maximum absolute atomic E-state index is 9.64. The molecule has 0 bridgehead atoms. The first-order valence-corrected chi connectivity index (χ1v) is 4.96. The Morgan fingerprint density at radius 3 is 2.33 bits per heavy atom. The topological polar surface area (TPSA) is 46.2 Å². The van der Waals surface area contributed by atoms with Crippen LogP contribution in [0.3, 0.4) is 0 Å². The molecular formula is C10H21NO. The van der Waals surface area contributed by atoms with Gasteiger partial charge in [-0.1, -0.05) is 20.8 Å². The number of hydrogen-bond acceptors (Lipinski definition) is 2. The van der Waals surface area contributed by atoms with E-state index >= 15 is 0 Å². The van der Waals surface area contributed by atoms with Crippen LogP contribution < -0.4 is 5.73 Å². The Morgan fingerprint density at radius 1 is 1.33 bits per heavy atom. The highest BCUT2D eigenvalue weighted by molar-refractivity contribution is 4.87. The van der Waals surface area contributed by atoms with Gasteiger partial charge in [0.15, 0.2) is 0 Å². The van der Waals surface area contributed by atoms with E-state index in [4.69, 9.17) is 5.73 Å². The van der Waals surface area contributed by atoms with Crippen molar-refractivity contribution in [3.8, 4) is 0 Å². The second-order valence-electron chi connectivity index (χ2n) is 4.60. The summed E-state index contributed by atoms with van der Waals surface area (Å²) in [4.78, 5) is 0. The van der Waals surface area contributed by atoms with Gasteiger partial charge in [0.05, 0.1) is 6.10 Å². The third kappa shape index (κ3) is 1.99. The van der Waals surface area contributed by atoms with Gasteiger partial charge in [-0.3, -0.25) is 0 Å². The van der Waals surface area contributed by atoms with Gasteiger partial charge in [-0.2, -0.15) is 0 Å². The summed E-state index contributed by atoms with van der Waals surface area (Å²) in [7, 11) is 0. The number of rotatable bonds is 1. The summed E-state index contributed by atoms with van der Waals surface area (Å²) in [5.41, 5.74) is 5.83. The van der Waals surface area contributed by atoms with Gasteiger partial charge in [0.1, 0.15) is 0 Å². The molecule has 0 saturated heterocycles. The molecule has 0 spiro atoms. The van der Waals surface area contributed by atoms with Crippen LogP contribution in [0.2, 0.25) is 0 Å². The molecule has 0 heterocycles. The van der Waals surface area contributed by atoms with Gasteiger partial charge in [-0.25, -0.2) is 0 Å². The van der Waals surface area contributed by atoms with Gasteiger partial charge in [-0.15, -0.1) is 0 Å². The summed E-state index contributed by atoms with van der Waals surface area (Å²) in [5, 5.41) is 9.64. The lowest BCUT2D eigenvalue weighted by molar-refractivity contribution is 0.0391. The fourth-order valence-electron chi connectivity index (χ4n) is 2.12. The SMILES string of the molecule is CC(C)[C@@H]1CC(C)[C@@H](N)[C@H](O)C1. The van der Waals surface area contributed by atoms with Crippen molar-refractivity contribution in [1.29, 1.82) is 0 Å². The number of nitrogens with two attached hydrogens (primary N) is 1. The zero-order valence-electron chi connectivity index (χ0n) is 8.33. The Hall–Kier alpha value is -0.0800. The summed E-state index contributed by atoms with van der Waals surface area (Å²) < 4.78 is 0. The molecule has 0 aliphatic heterocycles. The molecule has 1 unspecified atom stereocenters. The summed E-state index contributed by atoms with van der Waals surface area (Å²) in [6.45, 7) is 6.59. The van der Waals surface area contributed by atoms with Crippen LogP contribution in [0.1, 0.15) is 33.6 Å².